The Morgan fingerprint density at radius 2 is 0.680 bits per heavy atom. The van der Waals surface area contributed by atoms with Gasteiger partial charge in [-0.15, -0.1) is 0 Å². The molecule has 0 aliphatic heterocycles. The van der Waals surface area contributed by atoms with E-state index in [1.807, 2.05) is 34.1 Å². The largest absolute Gasteiger partial charge is 0.0876 e. The van der Waals surface area contributed by atoms with Crippen LogP contribution < -0.4 is 0 Å². The quantitative estimate of drug-likeness (QED) is 0.381. The van der Waals surface area contributed by atoms with E-state index in [1.165, 1.54) is 31.4 Å². The van der Waals surface area contributed by atoms with Gasteiger partial charge in [-0.25, -0.2) is 0 Å². The molecule has 0 amide bonds. The van der Waals surface area contributed by atoms with Crippen molar-refractivity contribution in [3.05, 3.63) is 89.5 Å². The van der Waals surface area contributed by atoms with Gasteiger partial charge in [-0.05, 0) is 57.2 Å². The van der Waals surface area contributed by atoms with Crippen LogP contribution in [0.25, 0.3) is 0 Å². The number of hydrogen-bond donors (Lipinski definition) is 0. The van der Waals surface area contributed by atoms with Crippen LogP contribution in [0.5, 0.6) is 0 Å². The lowest BCUT2D eigenvalue weighted by molar-refractivity contribution is 1.38. The molecule has 0 saturated carbocycles. The highest BCUT2D eigenvalue weighted by Crippen LogP contribution is 2.75. The fraction of sp³-hybridized carbons (Fsp3) is 0.143. The van der Waals surface area contributed by atoms with Gasteiger partial charge < -0.3 is 0 Å². The van der Waals surface area contributed by atoms with Crippen LogP contribution in [0.2, 0.25) is 0 Å². The van der Waals surface area contributed by atoms with E-state index in [9.17, 15) is 0 Å². The van der Waals surface area contributed by atoms with Gasteiger partial charge in [-0.1, -0.05) is 87.2 Å². The Morgan fingerprint density at radius 3 is 0.920 bits per heavy atom. The highest BCUT2D eigenvalue weighted by Gasteiger charge is 2.15. The molecular weight excluding hydrogens is 379 g/mol. The van der Waals surface area contributed by atoms with E-state index >= 15 is 0 Å². The minimum atomic E-state index is -0.368. The number of rotatable bonds is 6. The Morgan fingerprint density at radius 1 is 0.440 bits per heavy atom. The molecule has 3 aromatic rings. The van der Waals surface area contributed by atoms with Gasteiger partial charge in [0.05, 0.1) is 5.53 Å². The van der Waals surface area contributed by atoms with Crippen LogP contribution >= 0.6 is 39.7 Å². The van der Waals surface area contributed by atoms with Crippen molar-refractivity contribution in [2.75, 3.05) is 0 Å². The minimum Gasteiger partial charge on any atom is -0.0754 e. The van der Waals surface area contributed by atoms with Gasteiger partial charge in [-0.2, -0.15) is 0 Å². The van der Waals surface area contributed by atoms with E-state index < -0.39 is 0 Å². The molecule has 0 atom stereocenters. The molecule has 0 fully saturated rings. The number of benzene rings is 3. The number of aryl methyl sites for hydroxylation is 3. The van der Waals surface area contributed by atoms with Gasteiger partial charge >= 0.3 is 0 Å². The van der Waals surface area contributed by atoms with Crippen molar-refractivity contribution >= 4 is 39.7 Å². The fourth-order valence-electron chi connectivity index (χ4n) is 2.11. The summed E-state index contributed by atoms with van der Waals surface area (Å²) in [5.74, 6) is 0. The molecular formula is C21H21PS3. The molecule has 0 aliphatic carbocycles. The second-order valence-corrected chi connectivity index (χ2v) is 15.4. The Bertz CT molecular complexity index is 683. The molecule has 3 rings (SSSR count). The van der Waals surface area contributed by atoms with Crippen molar-refractivity contribution in [1.29, 1.82) is 0 Å². The van der Waals surface area contributed by atoms with Crippen molar-refractivity contribution in [2.24, 2.45) is 0 Å². The molecule has 0 N–H and O–H groups in total. The summed E-state index contributed by atoms with van der Waals surface area (Å²) < 4.78 is 0. The molecule has 0 aliphatic rings. The van der Waals surface area contributed by atoms with Crippen molar-refractivity contribution < 1.29 is 0 Å². The van der Waals surface area contributed by atoms with Gasteiger partial charge in [0.25, 0.3) is 0 Å². The first-order chi connectivity index (χ1) is 12.1. The standard InChI is InChI=1S/C21H21PS3/c1-16-4-10-19(11-5-16)23-22(24-20-12-6-17(2)7-13-20)25-21-14-8-18(3)9-15-21/h4-15H,1-3H3. The molecule has 0 spiro atoms. The molecule has 3 aromatic carbocycles. The van der Waals surface area contributed by atoms with E-state index in [-0.39, 0.29) is 5.53 Å². The first-order valence-corrected chi connectivity index (χ1v) is 13.7. The third-order valence-corrected chi connectivity index (χ3v) is 12.8. The Labute approximate surface area is 164 Å². The molecule has 0 nitrogen and oxygen atoms in total. The third kappa shape index (κ3) is 6.11. The van der Waals surface area contributed by atoms with E-state index in [0.29, 0.717) is 0 Å². The molecule has 0 heterocycles. The summed E-state index contributed by atoms with van der Waals surface area (Å²) in [5.41, 5.74) is 3.57. The summed E-state index contributed by atoms with van der Waals surface area (Å²) in [6.07, 6.45) is 0. The topological polar surface area (TPSA) is 0 Å². The fourth-order valence-corrected chi connectivity index (χ4v) is 12.1. The van der Waals surface area contributed by atoms with Gasteiger partial charge in [0.2, 0.25) is 0 Å². The van der Waals surface area contributed by atoms with Crippen molar-refractivity contribution in [3.63, 3.8) is 0 Å². The molecule has 0 radical (unpaired) electrons. The van der Waals surface area contributed by atoms with E-state index in [2.05, 4.69) is 93.6 Å². The first-order valence-electron chi connectivity index (χ1n) is 8.12. The zero-order chi connectivity index (χ0) is 17.6. The van der Waals surface area contributed by atoms with Crippen LogP contribution in [0, 0.1) is 20.8 Å². The van der Waals surface area contributed by atoms with Crippen LogP contribution in [0.1, 0.15) is 16.7 Å². The summed E-state index contributed by atoms with van der Waals surface area (Å²) in [4.78, 5) is 4.03. The van der Waals surface area contributed by atoms with E-state index in [0.717, 1.165) is 0 Å². The zero-order valence-electron chi connectivity index (χ0n) is 14.6. The van der Waals surface area contributed by atoms with Gasteiger partial charge in [0.15, 0.2) is 0 Å². The maximum absolute atomic E-state index is 2.24. The molecule has 0 unspecified atom stereocenters. The van der Waals surface area contributed by atoms with Crippen LogP contribution in [0.3, 0.4) is 0 Å². The van der Waals surface area contributed by atoms with Crippen molar-refractivity contribution in [2.45, 2.75) is 35.5 Å². The zero-order valence-corrected chi connectivity index (χ0v) is 17.9. The summed E-state index contributed by atoms with van der Waals surface area (Å²) in [6.45, 7) is 6.41. The third-order valence-electron chi connectivity index (χ3n) is 3.60. The average Bonchev–Trinajstić information content (AvgIpc) is 2.61. The monoisotopic (exact) mass is 400 g/mol. The van der Waals surface area contributed by atoms with E-state index in [1.54, 1.807) is 0 Å². The van der Waals surface area contributed by atoms with Gasteiger partial charge in [0, 0.05) is 14.7 Å². The van der Waals surface area contributed by atoms with E-state index in [4.69, 9.17) is 0 Å². The number of hydrogen-bond acceptors (Lipinski definition) is 3. The maximum atomic E-state index is 2.24. The van der Waals surface area contributed by atoms with Gasteiger partial charge in [-0.3, -0.25) is 0 Å². The molecule has 0 saturated heterocycles. The predicted molar refractivity (Wildman–Crippen MR) is 118 cm³/mol. The lowest BCUT2D eigenvalue weighted by Gasteiger charge is -2.16. The minimum absolute atomic E-state index is 0.368. The van der Waals surface area contributed by atoms with Gasteiger partial charge in [0.1, 0.15) is 0 Å². The molecule has 0 bridgehead atoms. The highest BCUT2D eigenvalue weighted by molar-refractivity contribution is 9.12. The lowest BCUT2D eigenvalue weighted by atomic mass is 10.2. The molecule has 4 heteroatoms. The average molecular weight is 401 g/mol. The van der Waals surface area contributed by atoms with Crippen molar-refractivity contribution in [3.8, 4) is 0 Å². The summed E-state index contributed by atoms with van der Waals surface area (Å²) in [6, 6.07) is 26.6. The highest BCUT2D eigenvalue weighted by atomic mass is 33.4. The van der Waals surface area contributed by atoms with Crippen molar-refractivity contribution in [1.82, 2.24) is 0 Å². The second-order valence-electron chi connectivity index (χ2n) is 5.94. The summed E-state index contributed by atoms with van der Waals surface area (Å²) >= 11 is 5.96. The van der Waals surface area contributed by atoms with Crippen LogP contribution in [0.4, 0.5) is 0 Å². The molecule has 25 heavy (non-hydrogen) atoms. The normalized spacial score (nSPS) is 11.0. The lowest BCUT2D eigenvalue weighted by Crippen LogP contribution is -1.75. The summed E-state index contributed by atoms with van der Waals surface area (Å²) in [5, 5.41) is 0. The smallest absolute Gasteiger partial charge is 0.0754 e. The Balaban J connectivity index is 1.77. The van der Waals surface area contributed by atoms with Crippen LogP contribution in [-0.2, 0) is 0 Å². The SMILES string of the molecule is Cc1ccc(SP(Sc2ccc(C)cc2)Sc2ccc(C)cc2)cc1. The first kappa shape index (κ1) is 18.9. The Kier molecular flexibility index (Phi) is 6.95. The summed E-state index contributed by atoms with van der Waals surface area (Å²) in [7, 11) is 0. The molecule has 0 aromatic heterocycles. The molecule has 128 valence electrons. The van der Waals surface area contributed by atoms with Crippen LogP contribution in [-0.4, -0.2) is 0 Å². The maximum Gasteiger partial charge on any atom is 0.0876 e. The second kappa shape index (κ2) is 9.19. The predicted octanol–water partition coefficient (Wildman–Crippen LogP) is 8.52. The Hall–Kier alpha value is -0.860. The van der Waals surface area contributed by atoms with Crippen LogP contribution in [0.15, 0.2) is 87.5 Å².